The number of carbonyl (C=O) groups excluding carboxylic acids is 3. The molecule has 0 spiro atoms. The maximum atomic E-state index is 12.7. The summed E-state index contributed by atoms with van der Waals surface area (Å²) in [4.78, 5) is 37.5. The number of thiophene rings is 1. The fourth-order valence-corrected chi connectivity index (χ4v) is 5.44. The summed E-state index contributed by atoms with van der Waals surface area (Å²) in [6.07, 6.45) is 0. The average molecular weight is 561 g/mol. The Kier molecular flexibility index (Phi) is 9.61. The van der Waals surface area contributed by atoms with E-state index < -0.39 is 41.0 Å². The van der Waals surface area contributed by atoms with Crippen LogP contribution in [0.25, 0.3) is 11.1 Å². The Labute approximate surface area is 225 Å². The van der Waals surface area contributed by atoms with Crippen LogP contribution in [0.3, 0.4) is 0 Å². The van der Waals surface area contributed by atoms with Gasteiger partial charge in [-0.15, -0.1) is 11.3 Å². The smallest absolute Gasteiger partial charge is 0.341 e. The van der Waals surface area contributed by atoms with E-state index in [-0.39, 0.29) is 22.1 Å². The van der Waals surface area contributed by atoms with Crippen molar-refractivity contribution in [1.82, 2.24) is 4.31 Å². The molecule has 0 saturated heterocycles. The Morgan fingerprint density at radius 1 is 1.00 bits per heavy atom. The Bertz CT molecular complexity index is 1400. The van der Waals surface area contributed by atoms with Crippen molar-refractivity contribution in [3.63, 3.8) is 0 Å². The zero-order chi connectivity index (χ0) is 27.9. The Morgan fingerprint density at radius 2 is 1.66 bits per heavy atom. The van der Waals surface area contributed by atoms with Crippen LogP contribution in [0.5, 0.6) is 5.75 Å². The van der Waals surface area contributed by atoms with E-state index in [0.717, 1.165) is 26.8 Å². The largest absolute Gasteiger partial charge is 0.497 e. The standard InChI is InChI=1S/C26H28N2O8S2/c1-5-35-26(31)24-21(18-8-10-19(34-4)11-9-18)16-37-25(24)27-22(29)15-36-23(30)14-28(3)38(32,33)20-12-6-17(2)7-13-20/h6-13,16H,5,14-15H2,1-4H3,(H,27,29). The van der Waals surface area contributed by atoms with Gasteiger partial charge in [-0.3, -0.25) is 9.59 Å². The number of methoxy groups -OCH3 is 1. The Hall–Kier alpha value is -3.74. The van der Waals surface area contributed by atoms with Crippen LogP contribution in [0.15, 0.2) is 58.8 Å². The van der Waals surface area contributed by atoms with Crippen molar-refractivity contribution >= 4 is 44.2 Å². The van der Waals surface area contributed by atoms with Crippen molar-refractivity contribution in [2.75, 3.05) is 39.2 Å². The van der Waals surface area contributed by atoms with Crippen molar-refractivity contribution in [1.29, 1.82) is 0 Å². The molecule has 0 atom stereocenters. The number of likely N-dealkylation sites (N-methyl/N-ethyl adjacent to an activating group) is 1. The third-order valence-electron chi connectivity index (χ3n) is 5.37. The molecular formula is C26H28N2O8S2. The first-order valence-corrected chi connectivity index (χ1v) is 13.8. The number of nitrogens with one attached hydrogen (secondary N) is 1. The van der Waals surface area contributed by atoms with Crippen LogP contribution in [0.4, 0.5) is 5.00 Å². The fraction of sp³-hybridized carbons (Fsp3) is 0.269. The highest BCUT2D eigenvalue weighted by molar-refractivity contribution is 7.89. The van der Waals surface area contributed by atoms with Gasteiger partial charge in [-0.05, 0) is 43.7 Å². The fourth-order valence-electron chi connectivity index (χ4n) is 3.35. The minimum atomic E-state index is -3.91. The number of hydrogen-bond donors (Lipinski definition) is 1. The lowest BCUT2D eigenvalue weighted by Crippen LogP contribution is -2.34. The summed E-state index contributed by atoms with van der Waals surface area (Å²) in [6, 6.07) is 13.2. The monoisotopic (exact) mass is 560 g/mol. The molecule has 2 aromatic carbocycles. The molecule has 0 saturated carbocycles. The van der Waals surface area contributed by atoms with E-state index in [0.29, 0.717) is 11.3 Å². The number of aryl methyl sites for hydroxylation is 1. The lowest BCUT2D eigenvalue weighted by molar-refractivity contribution is -0.147. The molecule has 0 unspecified atom stereocenters. The first-order chi connectivity index (χ1) is 18.1. The molecule has 0 aliphatic carbocycles. The van der Waals surface area contributed by atoms with Crippen molar-refractivity contribution in [2.24, 2.45) is 0 Å². The summed E-state index contributed by atoms with van der Waals surface area (Å²) in [7, 11) is -1.12. The summed E-state index contributed by atoms with van der Waals surface area (Å²) < 4.78 is 41.5. The van der Waals surface area contributed by atoms with Crippen LogP contribution in [0, 0.1) is 6.92 Å². The van der Waals surface area contributed by atoms with E-state index >= 15 is 0 Å². The van der Waals surface area contributed by atoms with Crippen molar-refractivity contribution in [2.45, 2.75) is 18.7 Å². The zero-order valence-corrected chi connectivity index (χ0v) is 23.0. The number of carbonyl (C=O) groups is 3. The zero-order valence-electron chi connectivity index (χ0n) is 21.3. The van der Waals surface area contributed by atoms with E-state index in [1.807, 2.05) is 6.92 Å². The second-order valence-corrected chi connectivity index (χ2v) is 11.0. The predicted molar refractivity (Wildman–Crippen MR) is 143 cm³/mol. The lowest BCUT2D eigenvalue weighted by Gasteiger charge is -2.16. The maximum absolute atomic E-state index is 12.7. The number of amides is 1. The summed E-state index contributed by atoms with van der Waals surface area (Å²) >= 11 is 1.12. The first-order valence-electron chi connectivity index (χ1n) is 11.5. The molecule has 12 heteroatoms. The Balaban J connectivity index is 1.66. The number of hydrogen-bond acceptors (Lipinski definition) is 9. The van der Waals surface area contributed by atoms with E-state index in [9.17, 15) is 22.8 Å². The number of rotatable bonds is 11. The van der Waals surface area contributed by atoms with Gasteiger partial charge in [0.25, 0.3) is 5.91 Å². The van der Waals surface area contributed by atoms with Gasteiger partial charge in [0.2, 0.25) is 10.0 Å². The van der Waals surface area contributed by atoms with Gasteiger partial charge in [-0.25, -0.2) is 13.2 Å². The molecule has 10 nitrogen and oxygen atoms in total. The van der Waals surface area contributed by atoms with Crippen LogP contribution in [0.1, 0.15) is 22.8 Å². The minimum absolute atomic E-state index is 0.0352. The van der Waals surface area contributed by atoms with Crippen LogP contribution >= 0.6 is 11.3 Å². The van der Waals surface area contributed by atoms with Crippen molar-refractivity contribution < 1.29 is 37.0 Å². The van der Waals surface area contributed by atoms with Crippen LogP contribution in [0.2, 0.25) is 0 Å². The summed E-state index contributed by atoms with van der Waals surface area (Å²) in [6.45, 7) is 2.38. The molecule has 38 heavy (non-hydrogen) atoms. The van der Waals surface area contributed by atoms with Crippen molar-refractivity contribution in [3.05, 3.63) is 65.0 Å². The van der Waals surface area contributed by atoms with E-state index in [1.165, 1.54) is 19.2 Å². The molecule has 0 aliphatic heterocycles. The van der Waals surface area contributed by atoms with E-state index in [4.69, 9.17) is 14.2 Å². The lowest BCUT2D eigenvalue weighted by atomic mass is 10.0. The number of anilines is 1. The SMILES string of the molecule is CCOC(=O)c1c(-c2ccc(OC)cc2)csc1NC(=O)COC(=O)CN(C)S(=O)(=O)c1ccc(C)cc1. The number of esters is 2. The maximum Gasteiger partial charge on any atom is 0.341 e. The van der Waals surface area contributed by atoms with Gasteiger partial charge in [0.1, 0.15) is 22.9 Å². The van der Waals surface area contributed by atoms with Crippen LogP contribution < -0.4 is 10.1 Å². The molecular weight excluding hydrogens is 532 g/mol. The number of benzene rings is 2. The third-order valence-corrected chi connectivity index (χ3v) is 8.08. The second-order valence-electron chi connectivity index (χ2n) is 8.09. The van der Waals surface area contributed by atoms with Gasteiger partial charge >= 0.3 is 11.9 Å². The molecule has 1 amide bonds. The van der Waals surface area contributed by atoms with Gasteiger partial charge in [0, 0.05) is 18.0 Å². The number of ether oxygens (including phenoxy) is 3. The van der Waals surface area contributed by atoms with Gasteiger partial charge in [-0.2, -0.15) is 4.31 Å². The van der Waals surface area contributed by atoms with Gasteiger partial charge in [-0.1, -0.05) is 29.8 Å². The highest BCUT2D eigenvalue weighted by atomic mass is 32.2. The molecule has 202 valence electrons. The Morgan fingerprint density at radius 3 is 2.26 bits per heavy atom. The molecule has 1 N–H and O–H groups in total. The molecule has 0 radical (unpaired) electrons. The van der Waals surface area contributed by atoms with Gasteiger partial charge < -0.3 is 19.5 Å². The van der Waals surface area contributed by atoms with E-state index in [1.54, 1.807) is 55.8 Å². The molecule has 3 rings (SSSR count). The van der Waals surface area contributed by atoms with E-state index in [2.05, 4.69) is 5.32 Å². The number of sulfonamides is 1. The highest BCUT2D eigenvalue weighted by Gasteiger charge is 2.25. The molecule has 0 bridgehead atoms. The van der Waals surface area contributed by atoms with Gasteiger partial charge in [0.05, 0.1) is 18.6 Å². The summed E-state index contributed by atoms with van der Waals surface area (Å²) in [5.41, 5.74) is 2.34. The molecule has 0 fully saturated rings. The van der Waals surface area contributed by atoms with Gasteiger partial charge in [0.15, 0.2) is 6.61 Å². The first kappa shape index (κ1) is 28.8. The molecule has 1 heterocycles. The van der Waals surface area contributed by atoms with Crippen LogP contribution in [-0.2, 0) is 29.1 Å². The summed E-state index contributed by atoms with van der Waals surface area (Å²) in [5, 5.41) is 4.52. The normalized spacial score (nSPS) is 11.2. The molecule has 0 aliphatic rings. The average Bonchev–Trinajstić information content (AvgIpc) is 3.31. The van der Waals surface area contributed by atoms with Crippen molar-refractivity contribution in [3.8, 4) is 16.9 Å². The van der Waals surface area contributed by atoms with Crippen LogP contribution in [-0.4, -0.2) is 64.5 Å². The topological polar surface area (TPSA) is 128 Å². The predicted octanol–water partition coefficient (Wildman–Crippen LogP) is 3.71. The quantitative estimate of drug-likeness (QED) is 0.352. The molecule has 1 aromatic heterocycles. The number of nitrogens with zero attached hydrogens (tertiary/aromatic N) is 1. The molecule has 3 aromatic rings. The minimum Gasteiger partial charge on any atom is -0.497 e. The highest BCUT2D eigenvalue weighted by Crippen LogP contribution is 2.36. The third kappa shape index (κ3) is 6.97. The second kappa shape index (κ2) is 12.7. The summed E-state index contributed by atoms with van der Waals surface area (Å²) in [5.74, 6) is -1.57.